The molecule has 2 aromatic rings. The van der Waals surface area contributed by atoms with Crippen LogP contribution in [0.3, 0.4) is 0 Å². The number of aryl methyl sites for hydroxylation is 1. The van der Waals surface area contributed by atoms with Gasteiger partial charge in [-0.25, -0.2) is 4.79 Å². The van der Waals surface area contributed by atoms with Crippen molar-refractivity contribution in [2.45, 2.75) is 77.5 Å². The van der Waals surface area contributed by atoms with Gasteiger partial charge in [0, 0.05) is 37.8 Å². The van der Waals surface area contributed by atoms with Crippen LogP contribution in [0.2, 0.25) is 0 Å². The zero-order valence-corrected chi connectivity index (χ0v) is 22.1. The maximum atomic E-state index is 12.1. The van der Waals surface area contributed by atoms with E-state index in [1.807, 2.05) is 0 Å². The first-order chi connectivity index (χ1) is 17.7. The quantitative estimate of drug-likeness (QED) is 0.215. The van der Waals surface area contributed by atoms with Gasteiger partial charge in [0.05, 0.1) is 0 Å². The van der Waals surface area contributed by atoms with Gasteiger partial charge in [0.2, 0.25) is 12.4 Å². The fraction of sp³-hybridized carbons (Fsp3) is 0.500. The highest BCUT2D eigenvalue weighted by Crippen LogP contribution is 2.35. The highest BCUT2D eigenvalue weighted by Gasteiger charge is 2.52. The molecule has 0 bridgehead atoms. The third-order valence-electron chi connectivity index (χ3n) is 5.68. The number of hydrogen-bond donors (Lipinski definition) is 1. The molecule has 3 rings (SSSR count). The van der Waals surface area contributed by atoms with Crippen LogP contribution in [0.5, 0.6) is 5.75 Å². The monoisotopic (exact) mass is 556 g/mol. The van der Waals surface area contributed by atoms with E-state index in [4.69, 9.17) is 28.1 Å². The van der Waals surface area contributed by atoms with Gasteiger partial charge in [-0.05, 0) is 31.0 Å². The van der Waals surface area contributed by atoms with Gasteiger partial charge < -0.3 is 28.1 Å². The summed E-state index contributed by atoms with van der Waals surface area (Å²) in [6.45, 7) is 6.71. The summed E-state index contributed by atoms with van der Waals surface area (Å²) in [5.74, 6) is -2.85. The Bertz CT molecular complexity index is 1390. The van der Waals surface area contributed by atoms with Crippen LogP contribution in [-0.2, 0) is 49.2 Å². The molecule has 5 atom stereocenters. The third-order valence-corrected chi connectivity index (χ3v) is 6.35. The van der Waals surface area contributed by atoms with Gasteiger partial charge in [-0.15, -0.1) is 0 Å². The van der Waals surface area contributed by atoms with Crippen LogP contribution in [0.1, 0.15) is 45.2 Å². The first-order valence-electron chi connectivity index (χ1n) is 11.6. The van der Waals surface area contributed by atoms with Gasteiger partial charge in [0.1, 0.15) is 23.2 Å². The Kier molecular flexibility index (Phi) is 8.79. The number of carbonyl (C=O) groups is 3. The van der Waals surface area contributed by atoms with Gasteiger partial charge in [-0.3, -0.25) is 18.9 Å². The molecule has 208 valence electrons. The molecule has 2 unspecified atom stereocenters. The summed E-state index contributed by atoms with van der Waals surface area (Å²) in [6, 6.07) is 3.83. The number of hydrogen-bond acceptors (Lipinski definition) is 12. The van der Waals surface area contributed by atoms with Crippen molar-refractivity contribution in [2.75, 3.05) is 0 Å². The van der Waals surface area contributed by atoms with Crippen LogP contribution < -0.4 is 10.4 Å². The SMILES string of the molecule is CCC1O[C@@H](Oc2ccc3c(CS(=O)(=O)O)cc(=O)oc3c2C)C(OC(C)=O)[C@H](OC(C)=O)[C@H]1OC(C)=O. The Labute approximate surface area is 217 Å². The lowest BCUT2D eigenvalue weighted by atomic mass is 9.96. The van der Waals surface area contributed by atoms with E-state index in [0.29, 0.717) is 6.42 Å². The molecule has 1 N–H and O–H groups in total. The van der Waals surface area contributed by atoms with Crippen molar-refractivity contribution in [1.29, 1.82) is 0 Å². The number of rotatable bonds is 8. The third kappa shape index (κ3) is 6.88. The molecule has 0 spiro atoms. The van der Waals surface area contributed by atoms with Gasteiger partial charge in [-0.1, -0.05) is 6.92 Å². The van der Waals surface area contributed by atoms with Crippen LogP contribution >= 0.6 is 0 Å². The molecule has 14 heteroatoms. The molecular weight excluding hydrogens is 528 g/mol. The van der Waals surface area contributed by atoms with Crippen molar-refractivity contribution in [3.05, 3.63) is 39.7 Å². The maximum absolute atomic E-state index is 12.1. The van der Waals surface area contributed by atoms with Crippen LogP contribution in [0.15, 0.2) is 27.4 Å². The number of ether oxygens (including phenoxy) is 5. The minimum atomic E-state index is -4.45. The largest absolute Gasteiger partial charge is 0.460 e. The van der Waals surface area contributed by atoms with Crippen molar-refractivity contribution in [3.63, 3.8) is 0 Å². The smallest absolute Gasteiger partial charge is 0.336 e. The van der Waals surface area contributed by atoms with Crippen molar-refractivity contribution in [3.8, 4) is 5.75 Å². The molecule has 1 aromatic carbocycles. The molecule has 0 amide bonds. The summed E-state index contributed by atoms with van der Waals surface area (Å²) in [4.78, 5) is 47.7. The molecule has 1 saturated heterocycles. The van der Waals surface area contributed by atoms with Crippen molar-refractivity contribution < 1.29 is 55.5 Å². The second-order valence-electron chi connectivity index (χ2n) is 8.67. The molecular formula is C24H28O13S. The first-order valence-corrected chi connectivity index (χ1v) is 13.2. The molecule has 1 aliphatic rings. The molecule has 38 heavy (non-hydrogen) atoms. The van der Waals surface area contributed by atoms with E-state index in [-0.39, 0.29) is 27.8 Å². The first kappa shape index (κ1) is 29.1. The fourth-order valence-corrected chi connectivity index (χ4v) is 4.89. The summed E-state index contributed by atoms with van der Waals surface area (Å²) in [6.07, 6.45) is -5.62. The average molecular weight is 557 g/mol. The number of esters is 3. The predicted molar refractivity (Wildman–Crippen MR) is 129 cm³/mol. The minimum Gasteiger partial charge on any atom is -0.460 e. The summed E-state index contributed by atoms with van der Waals surface area (Å²) >= 11 is 0. The fourth-order valence-electron chi connectivity index (χ4n) is 4.26. The van der Waals surface area contributed by atoms with Crippen LogP contribution in [0, 0.1) is 6.92 Å². The van der Waals surface area contributed by atoms with Gasteiger partial charge in [-0.2, -0.15) is 8.42 Å². The van der Waals surface area contributed by atoms with Crippen LogP contribution in [0.4, 0.5) is 0 Å². The normalized spacial score (nSPS) is 23.5. The number of carbonyl (C=O) groups excluding carboxylic acids is 3. The van der Waals surface area contributed by atoms with E-state index in [2.05, 4.69) is 0 Å². The van der Waals surface area contributed by atoms with E-state index < -0.39 is 70.1 Å². The highest BCUT2D eigenvalue weighted by molar-refractivity contribution is 7.85. The maximum Gasteiger partial charge on any atom is 0.336 e. The predicted octanol–water partition coefficient (Wildman–Crippen LogP) is 1.80. The van der Waals surface area contributed by atoms with Crippen molar-refractivity contribution >= 4 is 39.0 Å². The Morgan fingerprint density at radius 2 is 1.55 bits per heavy atom. The molecule has 13 nitrogen and oxygen atoms in total. The lowest BCUT2D eigenvalue weighted by molar-refractivity contribution is -0.284. The Morgan fingerprint density at radius 3 is 2.11 bits per heavy atom. The molecule has 2 heterocycles. The minimum absolute atomic E-state index is 0.00476. The molecule has 1 aliphatic heterocycles. The average Bonchev–Trinajstić information content (AvgIpc) is 2.77. The highest BCUT2D eigenvalue weighted by atomic mass is 32.2. The van der Waals surface area contributed by atoms with Crippen molar-refractivity contribution in [2.24, 2.45) is 0 Å². The molecule has 0 saturated carbocycles. The van der Waals surface area contributed by atoms with E-state index in [9.17, 15) is 32.1 Å². The molecule has 1 aromatic heterocycles. The Balaban J connectivity index is 2.08. The van der Waals surface area contributed by atoms with Crippen molar-refractivity contribution in [1.82, 2.24) is 0 Å². The lowest BCUT2D eigenvalue weighted by Crippen LogP contribution is -2.62. The zero-order valence-electron chi connectivity index (χ0n) is 21.3. The van der Waals surface area contributed by atoms with E-state index >= 15 is 0 Å². The van der Waals surface area contributed by atoms with Gasteiger partial charge in [0.15, 0.2) is 12.2 Å². The lowest BCUT2D eigenvalue weighted by Gasteiger charge is -2.44. The van der Waals surface area contributed by atoms with Gasteiger partial charge >= 0.3 is 23.5 Å². The standard InChI is InChI=1S/C24H28O13S/c1-6-17-21(32-12(3)25)22(33-13(4)26)23(34-14(5)27)24(35-17)36-18-8-7-16-15(10-38(29,30)31)9-19(28)37-20(16)11(18)2/h7-9,17,21-24H,6,10H2,1-5H3,(H,29,30,31)/t17?,21-,22+,23?,24-/m0/s1. The van der Waals surface area contributed by atoms with Crippen LogP contribution in [0.25, 0.3) is 11.0 Å². The molecule has 0 aliphatic carbocycles. The van der Waals surface area contributed by atoms with E-state index in [0.717, 1.165) is 19.9 Å². The Hall–Kier alpha value is -3.49. The molecule has 0 radical (unpaired) electrons. The van der Waals surface area contributed by atoms with Crippen LogP contribution in [-0.4, -0.2) is 61.6 Å². The number of fused-ring (bicyclic) bond motifs is 1. The molecule has 1 fully saturated rings. The number of benzene rings is 1. The van der Waals surface area contributed by atoms with E-state index in [1.54, 1.807) is 6.92 Å². The summed E-state index contributed by atoms with van der Waals surface area (Å²) < 4.78 is 65.6. The van der Waals surface area contributed by atoms with E-state index in [1.165, 1.54) is 26.0 Å². The summed E-state index contributed by atoms with van der Waals surface area (Å²) in [7, 11) is -4.45. The Morgan fingerprint density at radius 1 is 0.974 bits per heavy atom. The topological polar surface area (TPSA) is 182 Å². The second-order valence-corrected chi connectivity index (χ2v) is 10.1. The van der Waals surface area contributed by atoms with Gasteiger partial charge in [0.25, 0.3) is 10.1 Å². The second kappa shape index (κ2) is 11.5. The zero-order chi connectivity index (χ0) is 28.4. The summed E-state index contributed by atoms with van der Waals surface area (Å²) in [5.41, 5.74) is -0.574. The summed E-state index contributed by atoms with van der Waals surface area (Å²) in [5, 5.41) is 0.243.